The van der Waals surface area contributed by atoms with E-state index in [2.05, 4.69) is 15.6 Å². The van der Waals surface area contributed by atoms with Crippen molar-refractivity contribution >= 4 is 17.4 Å². The van der Waals surface area contributed by atoms with E-state index < -0.39 is 5.82 Å². The maximum atomic E-state index is 13.3. The molecule has 3 nitrogen and oxygen atoms in total. The van der Waals surface area contributed by atoms with Gasteiger partial charge in [-0.05, 0) is 37.9 Å². The lowest BCUT2D eigenvalue weighted by Gasteiger charge is -2.10. The van der Waals surface area contributed by atoms with Crippen LogP contribution in [-0.2, 0) is 0 Å². The third-order valence-electron chi connectivity index (χ3n) is 2.82. The van der Waals surface area contributed by atoms with Crippen molar-refractivity contribution in [1.29, 1.82) is 0 Å². The van der Waals surface area contributed by atoms with E-state index in [9.17, 15) is 4.39 Å². The predicted octanol–water partition coefficient (Wildman–Crippen LogP) is 2.29. The fourth-order valence-electron chi connectivity index (χ4n) is 1.90. The number of rotatable bonds is 4. The zero-order valence-electron chi connectivity index (χ0n) is 8.97. The summed E-state index contributed by atoms with van der Waals surface area (Å²) in [5.41, 5.74) is 0. The lowest BCUT2D eigenvalue weighted by Crippen LogP contribution is -2.13. The van der Waals surface area contributed by atoms with Crippen molar-refractivity contribution in [3.05, 3.63) is 23.1 Å². The zero-order valence-corrected chi connectivity index (χ0v) is 9.73. The van der Waals surface area contributed by atoms with Gasteiger partial charge in [0, 0.05) is 12.7 Å². The summed E-state index contributed by atoms with van der Waals surface area (Å²) in [6, 6.07) is 1.27. The van der Waals surface area contributed by atoms with Gasteiger partial charge in [-0.1, -0.05) is 11.6 Å². The summed E-state index contributed by atoms with van der Waals surface area (Å²) in [6.07, 6.45) is 3.69. The maximum Gasteiger partial charge on any atom is 0.166 e. The quantitative estimate of drug-likeness (QED) is 0.852. The summed E-state index contributed by atoms with van der Waals surface area (Å²) >= 11 is 5.62. The highest BCUT2D eigenvalue weighted by Gasteiger charge is 2.13. The molecule has 1 aliphatic heterocycles. The van der Waals surface area contributed by atoms with Crippen LogP contribution in [0.3, 0.4) is 0 Å². The van der Waals surface area contributed by atoms with E-state index in [4.69, 9.17) is 11.6 Å². The molecule has 1 atom stereocenters. The van der Waals surface area contributed by atoms with Gasteiger partial charge in [0.2, 0.25) is 0 Å². The van der Waals surface area contributed by atoms with Gasteiger partial charge in [0.25, 0.3) is 0 Å². The molecule has 2 rings (SSSR count). The van der Waals surface area contributed by atoms with E-state index in [0.717, 1.165) is 26.1 Å². The Kier molecular flexibility index (Phi) is 3.96. The van der Waals surface area contributed by atoms with Crippen molar-refractivity contribution in [2.24, 2.45) is 5.92 Å². The Morgan fingerprint density at radius 1 is 1.62 bits per heavy atom. The predicted molar refractivity (Wildman–Crippen MR) is 63.3 cm³/mol. The van der Waals surface area contributed by atoms with Crippen LogP contribution in [0.5, 0.6) is 0 Å². The third kappa shape index (κ3) is 3.06. The first-order chi connectivity index (χ1) is 7.75. The summed E-state index contributed by atoms with van der Waals surface area (Å²) < 4.78 is 13.3. The van der Waals surface area contributed by atoms with Crippen LogP contribution >= 0.6 is 11.6 Å². The molecule has 2 N–H and O–H groups in total. The minimum atomic E-state index is -0.392. The number of hydrogen-bond acceptors (Lipinski definition) is 3. The fourth-order valence-corrected chi connectivity index (χ4v) is 2.04. The van der Waals surface area contributed by atoms with Gasteiger partial charge in [0.1, 0.15) is 0 Å². The van der Waals surface area contributed by atoms with Crippen LogP contribution in [0.2, 0.25) is 5.02 Å². The van der Waals surface area contributed by atoms with E-state index in [1.54, 1.807) is 0 Å². The van der Waals surface area contributed by atoms with Gasteiger partial charge < -0.3 is 10.6 Å². The van der Waals surface area contributed by atoms with Crippen molar-refractivity contribution < 1.29 is 4.39 Å². The minimum Gasteiger partial charge on any atom is -0.368 e. The number of halogens is 2. The molecule has 5 heteroatoms. The topological polar surface area (TPSA) is 37.0 Å². The van der Waals surface area contributed by atoms with E-state index in [1.807, 2.05) is 0 Å². The van der Waals surface area contributed by atoms with Crippen LogP contribution in [0.15, 0.2) is 12.3 Å². The van der Waals surface area contributed by atoms with Crippen molar-refractivity contribution in [2.45, 2.75) is 12.8 Å². The summed E-state index contributed by atoms with van der Waals surface area (Å²) in [6.45, 7) is 2.91. The van der Waals surface area contributed by atoms with E-state index >= 15 is 0 Å². The van der Waals surface area contributed by atoms with Crippen molar-refractivity contribution in [3.63, 3.8) is 0 Å². The fraction of sp³-hybridized carbons (Fsp3) is 0.545. The summed E-state index contributed by atoms with van der Waals surface area (Å²) in [4.78, 5) is 3.91. The normalized spacial score (nSPS) is 20.0. The van der Waals surface area contributed by atoms with Gasteiger partial charge in [-0.15, -0.1) is 0 Å². The second-order valence-electron chi connectivity index (χ2n) is 4.06. The van der Waals surface area contributed by atoms with Gasteiger partial charge in [-0.25, -0.2) is 9.37 Å². The van der Waals surface area contributed by atoms with Crippen molar-refractivity contribution in [1.82, 2.24) is 10.3 Å². The second kappa shape index (κ2) is 5.46. The third-order valence-corrected chi connectivity index (χ3v) is 3.02. The Hall–Kier alpha value is -0.870. The molecule has 1 aromatic heterocycles. The van der Waals surface area contributed by atoms with Crippen LogP contribution in [-0.4, -0.2) is 24.6 Å². The number of hydrogen-bond donors (Lipinski definition) is 2. The highest BCUT2D eigenvalue weighted by molar-refractivity contribution is 6.30. The summed E-state index contributed by atoms with van der Waals surface area (Å²) in [5, 5.41) is 6.62. The number of pyridine rings is 1. The molecule has 0 bridgehead atoms. The van der Waals surface area contributed by atoms with Crippen LogP contribution in [0, 0.1) is 11.7 Å². The molecule has 0 spiro atoms. The Morgan fingerprint density at radius 2 is 2.50 bits per heavy atom. The van der Waals surface area contributed by atoms with E-state index in [0.29, 0.717) is 10.9 Å². The molecular formula is C11H15ClFN3. The molecule has 1 aliphatic rings. The number of anilines is 1. The standard InChI is InChI=1S/C11H15ClFN3/c12-9-5-10(13)11(16-7-9)15-4-2-8-1-3-14-6-8/h5,7-8,14H,1-4,6H2,(H,15,16). The molecule has 0 amide bonds. The molecule has 0 aromatic carbocycles. The largest absolute Gasteiger partial charge is 0.368 e. The molecule has 1 fully saturated rings. The smallest absolute Gasteiger partial charge is 0.166 e. The van der Waals surface area contributed by atoms with Gasteiger partial charge in [-0.3, -0.25) is 0 Å². The van der Waals surface area contributed by atoms with Gasteiger partial charge in [0.05, 0.1) is 5.02 Å². The number of nitrogens with one attached hydrogen (secondary N) is 2. The van der Waals surface area contributed by atoms with E-state index in [1.165, 1.54) is 18.7 Å². The average Bonchev–Trinajstić information content (AvgIpc) is 2.74. The first kappa shape index (κ1) is 11.6. The molecule has 0 radical (unpaired) electrons. The monoisotopic (exact) mass is 243 g/mol. The Balaban J connectivity index is 1.80. The van der Waals surface area contributed by atoms with Crippen molar-refractivity contribution in [2.75, 3.05) is 25.0 Å². The van der Waals surface area contributed by atoms with Gasteiger partial charge in [-0.2, -0.15) is 0 Å². The van der Waals surface area contributed by atoms with Crippen LogP contribution in [0.1, 0.15) is 12.8 Å². The summed E-state index contributed by atoms with van der Waals surface area (Å²) in [7, 11) is 0. The maximum absolute atomic E-state index is 13.3. The molecule has 0 saturated carbocycles. The zero-order chi connectivity index (χ0) is 11.4. The number of aromatic nitrogens is 1. The molecule has 88 valence electrons. The lowest BCUT2D eigenvalue weighted by atomic mass is 10.1. The molecule has 1 saturated heterocycles. The lowest BCUT2D eigenvalue weighted by molar-refractivity contribution is 0.546. The van der Waals surface area contributed by atoms with Crippen molar-refractivity contribution in [3.8, 4) is 0 Å². The Morgan fingerprint density at radius 3 is 3.19 bits per heavy atom. The first-order valence-electron chi connectivity index (χ1n) is 5.51. The van der Waals surface area contributed by atoms with E-state index in [-0.39, 0.29) is 5.82 Å². The molecule has 16 heavy (non-hydrogen) atoms. The second-order valence-corrected chi connectivity index (χ2v) is 4.49. The van der Waals surface area contributed by atoms with Crippen LogP contribution < -0.4 is 10.6 Å². The molecule has 1 aromatic rings. The molecule has 2 heterocycles. The molecular weight excluding hydrogens is 229 g/mol. The Bertz CT molecular complexity index is 353. The highest BCUT2D eigenvalue weighted by atomic mass is 35.5. The molecule has 0 aliphatic carbocycles. The van der Waals surface area contributed by atoms with Gasteiger partial charge >= 0.3 is 0 Å². The Labute approximate surface area is 99.4 Å². The SMILES string of the molecule is Fc1cc(Cl)cnc1NCCC1CCNC1. The number of nitrogens with zero attached hydrogens (tertiary/aromatic N) is 1. The summed E-state index contributed by atoms with van der Waals surface area (Å²) in [5.74, 6) is 0.593. The average molecular weight is 244 g/mol. The minimum absolute atomic E-state index is 0.287. The highest BCUT2D eigenvalue weighted by Crippen LogP contribution is 2.16. The van der Waals surface area contributed by atoms with Crippen LogP contribution in [0.25, 0.3) is 0 Å². The van der Waals surface area contributed by atoms with Crippen LogP contribution in [0.4, 0.5) is 10.2 Å². The first-order valence-corrected chi connectivity index (χ1v) is 5.89. The van der Waals surface area contributed by atoms with Gasteiger partial charge in [0.15, 0.2) is 11.6 Å². The molecule has 1 unspecified atom stereocenters.